The molecule has 0 bridgehead atoms. The Bertz CT molecular complexity index is 1170. The van der Waals surface area contributed by atoms with Gasteiger partial charge in [-0.3, -0.25) is 0 Å². The molecule has 0 radical (unpaired) electrons. The van der Waals surface area contributed by atoms with Crippen LogP contribution in [0.25, 0.3) is 10.9 Å². The number of para-hydroxylation sites is 1. The zero-order chi connectivity index (χ0) is 23.9. The van der Waals surface area contributed by atoms with Crippen molar-refractivity contribution in [2.24, 2.45) is 5.10 Å². The van der Waals surface area contributed by atoms with Crippen molar-refractivity contribution in [3.05, 3.63) is 69.3 Å². The van der Waals surface area contributed by atoms with Crippen LogP contribution in [0.15, 0.2) is 47.6 Å². The first-order valence-electron chi connectivity index (χ1n) is 8.90. The maximum absolute atomic E-state index is 13.5. The summed E-state index contributed by atoms with van der Waals surface area (Å²) in [6, 6.07) is 5.97. The molecule has 3 aromatic rings. The number of hydrogen-bond acceptors (Lipinski definition) is 2. The second kappa shape index (κ2) is 8.47. The molecule has 0 saturated carbocycles. The summed E-state index contributed by atoms with van der Waals surface area (Å²) < 4.78 is 91.6. The van der Waals surface area contributed by atoms with Gasteiger partial charge < -0.3 is 4.57 Å². The first kappa shape index (κ1) is 24.2. The molecule has 0 aliphatic carbocycles. The van der Waals surface area contributed by atoms with Gasteiger partial charge >= 0.3 is 18.1 Å². The molecule has 0 spiro atoms. The van der Waals surface area contributed by atoms with E-state index in [1.54, 1.807) is 54.0 Å². The van der Waals surface area contributed by atoms with Crippen LogP contribution in [0.3, 0.4) is 0 Å². The molecule has 3 rings (SSSR count). The van der Waals surface area contributed by atoms with Crippen molar-refractivity contribution in [2.75, 3.05) is 0 Å². The molecule has 0 fully saturated rings. The summed E-state index contributed by atoms with van der Waals surface area (Å²) in [6.07, 6.45) is -5.68. The van der Waals surface area contributed by atoms with Crippen molar-refractivity contribution in [3.8, 4) is 0 Å². The molecule has 172 valence electrons. The number of benzene rings is 2. The Morgan fingerprint density at radius 3 is 2.28 bits per heavy atom. The monoisotopic (exact) mass is 499 g/mol. The van der Waals surface area contributed by atoms with Gasteiger partial charge in [-0.25, -0.2) is 5.43 Å². The number of halogens is 9. The van der Waals surface area contributed by atoms with E-state index in [9.17, 15) is 30.7 Å². The van der Waals surface area contributed by atoms with E-state index in [4.69, 9.17) is 23.2 Å². The van der Waals surface area contributed by atoms with Crippen molar-refractivity contribution < 1.29 is 30.7 Å². The molecule has 0 unspecified atom stereocenters. The Morgan fingerprint density at radius 2 is 1.66 bits per heavy atom. The third-order valence-electron chi connectivity index (χ3n) is 4.77. The maximum Gasteiger partial charge on any atom is 0.462 e. The van der Waals surface area contributed by atoms with Crippen molar-refractivity contribution in [1.29, 1.82) is 0 Å². The van der Waals surface area contributed by atoms with E-state index >= 15 is 0 Å². The number of hydrogen-bond donors (Lipinski definition) is 1. The lowest BCUT2D eigenvalue weighted by molar-refractivity contribution is -0.361. The van der Waals surface area contributed by atoms with Crippen LogP contribution in [0.1, 0.15) is 16.8 Å². The summed E-state index contributed by atoms with van der Waals surface area (Å²) in [6.45, 7) is 1.87. The van der Waals surface area contributed by atoms with E-state index in [1.807, 2.05) is 0 Å². The second-order valence-corrected chi connectivity index (χ2v) is 7.70. The fraction of sp³-hybridized carbons (Fsp3) is 0.250. The summed E-state index contributed by atoms with van der Waals surface area (Å²) >= 11 is 12.1. The molecule has 1 aromatic heterocycles. The molecular weight excluding hydrogens is 486 g/mol. The minimum absolute atomic E-state index is 0.254. The molecule has 2 aromatic carbocycles. The van der Waals surface area contributed by atoms with Crippen LogP contribution in [-0.4, -0.2) is 28.9 Å². The number of nitrogens with one attached hydrogen (secondary N) is 1. The van der Waals surface area contributed by atoms with Crippen LogP contribution in [0, 0.1) is 6.92 Å². The van der Waals surface area contributed by atoms with Gasteiger partial charge in [0.15, 0.2) is 0 Å². The minimum atomic E-state index is -6.46. The first-order valence-corrected chi connectivity index (χ1v) is 9.66. The van der Waals surface area contributed by atoms with Crippen LogP contribution < -0.4 is 5.43 Å². The highest BCUT2D eigenvalue weighted by Gasteiger charge is 2.73. The average Bonchev–Trinajstić information content (AvgIpc) is 2.94. The molecule has 0 saturated heterocycles. The highest BCUT2D eigenvalue weighted by Crippen LogP contribution is 2.45. The number of hydrazone groups is 1. The molecule has 0 amide bonds. The summed E-state index contributed by atoms with van der Waals surface area (Å²) in [5.41, 5.74) is 2.73. The molecule has 0 atom stereocenters. The smallest absolute Gasteiger partial charge is 0.340 e. The van der Waals surface area contributed by atoms with Gasteiger partial charge in [0.05, 0.1) is 6.21 Å². The van der Waals surface area contributed by atoms with E-state index in [0.29, 0.717) is 37.6 Å². The Kier molecular flexibility index (Phi) is 6.41. The van der Waals surface area contributed by atoms with E-state index in [2.05, 4.69) is 5.10 Å². The number of fused-ring (bicyclic) bond motifs is 1. The van der Waals surface area contributed by atoms with Crippen LogP contribution in [0.2, 0.25) is 10.0 Å². The van der Waals surface area contributed by atoms with Gasteiger partial charge in [0.2, 0.25) is 0 Å². The Morgan fingerprint density at radius 1 is 1.00 bits per heavy atom. The zero-order valence-electron chi connectivity index (χ0n) is 16.1. The molecule has 0 aliphatic heterocycles. The molecule has 12 heteroatoms. The zero-order valence-corrected chi connectivity index (χ0v) is 17.6. The third kappa shape index (κ3) is 4.38. The van der Waals surface area contributed by atoms with Crippen LogP contribution in [0.5, 0.6) is 0 Å². The van der Waals surface area contributed by atoms with Gasteiger partial charge in [0.25, 0.3) is 0 Å². The van der Waals surface area contributed by atoms with Crippen LogP contribution >= 0.6 is 23.2 Å². The average molecular weight is 500 g/mol. The van der Waals surface area contributed by atoms with Gasteiger partial charge in [-0.2, -0.15) is 35.8 Å². The van der Waals surface area contributed by atoms with Crippen molar-refractivity contribution in [2.45, 2.75) is 31.6 Å². The van der Waals surface area contributed by atoms with Gasteiger partial charge in [-0.05, 0) is 30.7 Å². The van der Waals surface area contributed by atoms with E-state index in [1.165, 1.54) is 0 Å². The van der Waals surface area contributed by atoms with Crippen molar-refractivity contribution >= 4 is 40.3 Å². The highest BCUT2D eigenvalue weighted by atomic mass is 35.5. The fourth-order valence-electron chi connectivity index (χ4n) is 3.07. The number of alkyl halides is 7. The number of aromatic nitrogens is 1. The molecule has 1 heterocycles. The topological polar surface area (TPSA) is 29.3 Å². The lowest BCUT2D eigenvalue weighted by atomic mass is 10.1. The highest BCUT2D eigenvalue weighted by molar-refractivity contribution is 6.35. The third-order valence-corrected chi connectivity index (χ3v) is 5.36. The van der Waals surface area contributed by atoms with Crippen molar-refractivity contribution in [1.82, 2.24) is 9.99 Å². The van der Waals surface area contributed by atoms with E-state index in [0.717, 1.165) is 6.21 Å². The minimum Gasteiger partial charge on any atom is -0.340 e. The predicted molar refractivity (Wildman–Crippen MR) is 109 cm³/mol. The molecule has 32 heavy (non-hydrogen) atoms. The molecule has 1 N–H and O–H groups in total. The van der Waals surface area contributed by atoms with Gasteiger partial charge in [-0.15, -0.1) is 0 Å². The number of rotatable bonds is 6. The second-order valence-electron chi connectivity index (χ2n) is 6.85. The summed E-state index contributed by atoms with van der Waals surface area (Å²) in [4.78, 5) is 0. The Balaban J connectivity index is 1.97. The maximum atomic E-state index is 13.5. The van der Waals surface area contributed by atoms with Crippen LogP contribution in [-0.2, 0) is 6.54 Å². The van der Waals surface area contributed by atoms with E-state index in [-0.39, 0.29) is 12.1 Å². The normalized spacial score (nSPS) is 13.3. The number of nitrogens with zero attached hydrogens (tertiary/aromatic N) is 2. The van der Waals surface area contributed by atoms with Gasteiger partial charge in [-0.1, -0.05) is 47.5 Å². The lowest BCUT2D eigenvalue weighted by Gasteiger charge is -2.27. The quantitative estimate of drug-likeness (QED) is 0.168. The first-order chi connectivity index (χ1) is 14.8. The SMILES string of the molecule is Cc1c(/C=N\NC(F)(F)C(F)(F)C(F)(F)F)c2ccccc2n1Cc1ccc(Cl)cc1Cl. The predicted octanol–water partition coefficient (Wildman–Crippen LogP) is 7.02. The lowest BCUT2D eigenvalue weighted by Crippen LogP contribution is -2.58. The standard InChI is InChI=1S/C20H14Cl2F7N3/c1-11-15(9-30-31-20(28,29)18(23,24)19(25,26)27)14-4-2-3-5-17(14)32(11)10-12-6-7-13(21)8-16(12)22/h2-9,31H,10H2,1H3/b30-9-. The van der Waals surface area contributed by atoms with Crippen molar-refractivity contribution in [3.63, 3.8) is 0 Å². The summed E-state index contributed by atoms with van der Waals surface area (Å²) in [5, 5.41) is 4.33. The summed E-state index contributed by atoms with van der Waals surface area (Å²) in [5.74, 6) is -6.31. The largest absolute Gasteiger partial charge is 0.462 e. The molecule has 0 aliphatic rings. The van der Waals surface area contributed by atoms with Crippen LogP contribution in [0.4, 0.5) is 30.7 Å². The van der Waals surface area contributed by atoms with E-state index < -0.39 is 18.1 Å². The Hall–Kier alpha value is -2.46. The summed E-state index contributed by atoms with van der Waals surface area (Å²) in [7, 11) is 0. The van der Waals surface area contributed by atoms with Gasteiger partial charge in [0, 0.05) is 38.8 Å². The molecule has 3 nitrogen and oxygen atoms in total. The Labute approximate surface area is 187 Å². The van der Waals surface area contributed by atoms with Gasteiger partial charge in [0.1, 0.15) is 0 Å². The molecular formula is C20H14Cl2F7N3. The fourth-order valence-corrected chi connectivity index (χ4v) is 3.54.